The highest BCUT2D eigenvalue weighted by Crippen LogP contribution is 2.31. The summed E-state index contributed by atoms with van der Waals surface area (Å²) in [7, 11) is 4.11. The lowest BCUT2D eigenvalue weighted by molar-refractivity contribution is -0.123. The summed E-state index contributed by atoms with van der Waals surface area (Å²) in [6.07, 6.45) is 1.84. The first-order valence-corrected chi connectivity index (χ1v) is 7.36. The molecule has 1 aromatic rings. The van der Waals surface area contributed by atoms with Crippen LogP contribution >= 0.6 is 0 Å². The van der Waals surface area contributed by atoms with Gasteiger partial charge in [-0.05, 0) is 52.0 Å². The Hall–Kier alpha value is -1.55. The molecule has 2 N–H and O–H groups in total. The topological polar surface area (TPSA) is 44.4 Å². The van der Waals surface area contributed by atoms with Crippen molar-refractivity contribution >= 4 is 11.6 Å². The highest BCUT2D eigenvalue weighted by molar-refractivity contribution is 5.86. The Balaban J connectivity index is 1.97. The smallest absolute Gasteiger partial charge is 0.227 e. The second-order valence-electron chi connectivity index (χ2n) is 5.86. The van der Waals surface area contributed by atoms with Gasteiger partial charge in [-0.1, -0.05) is 18.2 Å². The predicted molar refractivity (Wildman–Crippen MR) is 83.1 cm³/mol. The molecule has 1 heterocycles. The lowest BCUT2D eigenvalue weighted by atomic mass is 9.90. The zero-order valence-corrected chi connectivity index (χ0v) is 12.6. The fourth-order valence-electron chi connectivity index (χ4n) is 2.61. The van der Waals surface area contributed by atoms with E-state index in [4.69, 9.17) is 0 Å². The number of nitrogens with zero attached hydrogens (tertiary/aromatic N) is 1. The van der Waals surface area contributed by atoms with Gasteiger partial charge in [0.2, 0.25) is 5.91 Å². The predicted octanol–water partition coefficient (Wildman–Crippen LogP) is 2.04. The highest BCUT2D eigenvalue weighted by Gasteiger charge is 2.26. The van der Waals surface area contributed by atoms with Crippen LogP contribution in [-0.2, 0) is 4.79 Å². The maximum Gasteiger partial charge on any atom is 0.227 e. The van der Waals surface area contributed by atoms with Crippen molar-refractivity contribution in [1.82, 2.24) is 10.2 Å². The summed E-state index contributed by atoms with van der Waals surface area (Å²) in [5, 5.41) is 6.51. The fourth-order valence-corrected chi connectivity index (χ4v) is 2.61. The molecule has 0 aromatic heterocycles. The quantitative estimate of drug-likeness (QED) is 0.864. The molecule has 2 rings (SSSR count). The molecule has 0 saturated heterocycles. The molecule has 2 unspecified atom stereocenters. The molecular formula is C16H25N3O. The number of hydrogen-bond donors (Lipinski definition) is 2. The summed E-state index contributed by atoms with van der Waals surface area (Å²) in [6, 6.07) is 8.32. The van der Waals surface area contributed by atoms with Crippen molar-refractivity contribution in [3.8, 4) is 0 Å². The van der Waals surface area contributed by atoms with Crippen LogP contribution in [0.15, 0.2) is 24.3 Å². The van der Waals surface area contributed by atoms with E-state index in [9.17, 15) is 4.79 Å². The zero-order chi connectivity index (χ0) is 14.5. The van der Waals surface area contributed by atoms with Crippen LogP contribution in [0.1, 0.15) is 31.2 Å². The number of hydrogen-bond acceptors (Lipinski definition) is 3. The number of anilines is 1. The molecule has 0 radical (unpaired) electrons. The molecule has 1 amide bonds. The van der Waals surface area contributed by atoms with Gasteiger partial charge in [-0.25, -0.2) is 0 Å². The standard InChI is InChI=1S/C16H25N3O/c1-12(9-11-19(2)3)18-16(20)14-8-10-17-15-7-5-4-6-13(14)15/h4-7,12,14,17H,8-11H2,1-3H3,(H,18,20). The van der Waals surface area contributed by atoms with Crippen molar-refractivity contribution in [3.63, 3.8) is 0 Å². The number of amides is 1. The number of fused-ring (bicyclic) bond motifs is 1. The van der Waals surface area contributed by atoms with Gasteiger partial charge in [0.05, 0.1) is 5.92 Å². The molecule has 0 fully saturated rings. The zero-order valence-electron chi connectivity index (χ0n) is 12.6. The monoisotopic (exact) mass is 275 g/mol. The fraction of sp³-hybridized carbons (Fsp3) is 0.562. The van der Waals surface area contributed by atoms with E-state index in [0.717, 1.165) is 37.2 Å². The van der Waals surface area contributed by atoms with E-state index >= 15 is 0 Å². The maximum absolute atomic E-state index is 12.5. The molecule has 1 aromatic carbocycles. The van der Waals surface area contributed by atoms with Gasteiger partial charge in [-0.2, -0.15) is 0 Å². The molecule has 20 heavy (non-hydrogen) atoms. The number of nitrogens with one attached hydrogen (secondary N) is 2. The Morgan fingerprint density at radius 2 is 2.20 bits per heavy atom. The van der Waals surface area contributed by atoms with E-state index in [1.54, 1.807) is 0 Å². The molecule has 0 aliphatic carbocycles. The van der Waals surface area contributed by atoms with Gasteiger partial charge in [0.1, 0.15) is 0 Å². The minimum Gasteiger partial charge on any atom is -0.385 e. The first kappa shape index (κ1) is 14.9. The largest absolute Gasteiger partial charge is 0.385 e. The van der Waals surface area contributed by atoms with E-state index < -0.39 is 0 Å². The van der Waals surface area contributed by atoms with Gasteiger partial charge in [0.25, 0.3) is 0 Å². The first-order valence-electron chi connectivity index (χ1n) is 7.36. The van der Waals surface area contributed by atoms with Gasteiger partial charge < -0.3 is 15.5 Å². The van der Waals surface area contributed by atoms with Crippen LogP contribution in [0.3, 0.4) is 0 Å². The SMILES string of the molecule is CC(CCN(C)C)NC(=O)C1CCNc2ccccc21. The van der Waals surface area contributed by atoms with Crippen LogP contribution < -0.4 is 10.6 Å². The van der Waals surface area contributed by atoms with E-state index in [0.29, 0.717) is 0 Å². The molecule has 1 aliphatic heterocycles. The van der Waals surface area contributed by atoms with E-state index in [1.165, 1.54) is 0 Å². The second-order valence-corrected chi connectivity index (χ2v) is 5.86. The van der Waals surface area contributed by atoms with Gasteiger partial charge in [-0.3, -0.25) is 4.79 Å². The van der Waals surface area contributed by atoms with Crippen molar-refractivity contribution in [3.05, 3.63) is 29.8 Å². The van der Waals surface area contributed by atoms with E-state index in [2.05, 4.69) is 42.6 Å². The van der Waals surface area contributed by atoms with Crippen LogP contribution in [0.4, 0.5) is 5.69 Å². The molecule has 1 aliphatic rings. The third-order valence-electron chi connectivity index (χ3n) is 3.80. The molecular weight excluding hydrogens is 250 g/mol. The van der Waals surface area contributed by atoms with Crippen molar-refractivity contribution in [1.29, 1.82) is 0 Å². The first-order chi connectivity index (χ1) is 9.58. The van der Waals surface area contributed by atoms with Crippen molar-refractivity contribution in [2.75, 3.05) is 32.5 Å². The molecule has 110 valence electrons. The Kier molecular flexibility index (Phi) is 5.01. The van der Waals surface area contributed by atoms with Crippen LogP contribution in [0.2, 0.25) is 0 Å². The maximum atomic E-state index is 12.5. The molecule has 4 heteroatoms. The number of benzene rings is 1. The third-order valence-corrected chi connectivity index (χ3v) is 3.80. The highest BCUT2D eigenvalue weighted by atomic mass is 16.1. The van der Waals surface area contributed by atoms with Crippen LogP contribution in [0, 0.1) is 0 Å². The van der Waals surface area contributed by atoms with Crippen molar-refractivity contribution in [2.45, 2.75) is 31.7 Å². The third kappa shape index (κ3) is 3.73. The number of carbonyl (C=O) groups is 1. The summed E-state index contributed by atoms with van der Waals surface area (Å²) in [6.45, 7) is 3.93. The second kappa shape index (κ2) is 6.75. The summed E-state index contributed by atoms with van der Waals surface area (Å²) >= 11 is 0. The Labute approximate surface area is 121 Å². The van der Waals surface area contributed by atoms with Gasteiger partial charge in [0, 0.05) is 18.3 Å². The normalized spacial score (nSPS) is 19.1. The minimum atomic E-state index is -0.0192. The molecule has 0 saturated carbocycles. The summed E-state index contributed by atoms with van der Waals surface area (Å²) in [4.78, 5) is 14.6. The van der Waals surface area contributed by atoms with E-state index in [-0.39, 0.29) is 17.9 Å². The summed E-state index contributed by atoms with van der Waals surface area (Å²) < 4.78 is 0. The molecule has 2 atom stereocenters. The summed E-state index contributed by atoms with van der Waals surface area (Å²) in [5.74, 6) is 0.138. The van der Waals surface area contributed by atoms with Crippen LogP contribution in [0.25, 0.3) is 0 Å². The number of carbonyl (C=O) groups excluding carboxylic acids is 1. The van der Waals surface area contributed by atoms with Crippen molar-refractivity contribution < 1.29 is 4.79 Å². The van der Waals surface area contributed by atoms with Crippen LogP contribution in [-0.4, -0.2) is 44.0 Å². The molecule has 0 bridgehead atoms. The lowest BCUT2D eigenvalue weighted by Crippen LogP contribution is -2.39. The molecule has 0 spiro atoms. The Morgan fingerprint density at radius 3 is 2.95 bits per heavy atom. The number of rotatable bonds is 5. The van der Waals surface area contributed by atoms with E-state index in [1.807, 2.05) is 18.2 Å². The minimum absolute atomic E-state index is 0.0192. The van der Waals surface area contributed by atoms with Gasteiger partial charge in [0.15, 0.2) is 0 Å². The van der Waals surface area contributed by atoms with Gasteiger partial charge >= 0.3 is 0 Å². The average Bonchev–Trinajstić information content (AvgIpc) is 2.44. The van der Waals surface area contributed by atoms with Crippen LogP contribution in [0.5, 0.6) is 0 Å². The number of para-hydroxylation sites is 1. The lowest BCUT2D eigenvalue weighted by Gasteiger charge is -2.27. The summed E-state index contributed by atoms with van der Waals surface area (Å²) in [5.41, 5.74) is 2.22. The van der Waals surface area contributed by atoms with Crippen molar-refractivity contribution in [2.24, 2.45) is 0 Å². The molecule has 4 nitrogen and oxygen atoms in total. The Morgan fingerprint density at radius 1 is 1.45 bits per heavy atom. The Bertz CT molecular complexity index is 459. The average molecular weight is 275 g/mol. The van der Waals surface area contributed by atoms with Gasteiger partial charge in [-0.15, -0.1) is 0 Å².